The van der Waals surface area contributed by atoms with Crippen LogP contribution < -0.4 is 20.5 Å². The molecule has 0 spiro atoms. The van der Waals surface area contributed by atoms with Crippen LogP contribution in [0.25, 0.3) is 5.70 Å². The van der Waals surface area contributed by atoms with E-state index in [0.29, 0.717) is 38.4 Å². The Bertz CT molecular complexity index is 990. The van der Waals surface area contributed by atoms with Crippen molar-refractivity contribution in [3.63, 3.8) is 0 Å². The van der Waals surface area contributed by atoms with Crippen LogP contribution in [0.5, 0.6) is 23.0 Å². The summed E-state index contributed by atoms with van der Waals surface area (Å²) in [7, 11) is 3.12. The molecule has 3 rings (SSSR count). The molecule has 1 aliphatic rings. The number of phenolic OH excluding ortho intramolecular Hbond substituents is 2. The van der Waals surface area contributed by atoms with E-state index in [1.54, 1.807) is 39.3 Å². The quantitative estimate of drug-likeness (QED) is 0.468. The molecule has 154 valence electrons. The third-order valence-electron chi connectivity index (χ3n) is 4.48. The van der Waals surface area contributed by atoms with E-state index < -0.39 is 6.23 Å². The van der Waals surface area contributed by atoms with E-state index in [-0.39, 0.29) is 18.0 Å². The summed E-state index contributed by atoms with van der Waals surface area (Å²) in [5.41, 5.74) is 8.38. The molecule has 6 N–H and O–H groups in total. The van der Waals surface area contributed by atoms with Crippen LogP contribution in [-0.2, 0) is 0 Å². The molecule has 0 aliphatic carbocycles. The van der Waals surface area contributed by atoms with E-state index >= 15 is 0 Å². The van der Waals surface area contributed by atoms with Crippen molar-refractivity contribution < 1.29 is 24.8 Å². The van der Waals surface area contributed by atoms with Crippen molar-refractivity contribution in [2.75, 3.05) is 20.8 Å². The summed E-state index contributed by atoms with van der Waals surface area (Å²) in [6, 6.07) is 8.24. The Morgan fingerprint density at radius 3 is 2.52 bits per heavy atom. The van der Waals surface area contributed by atoms with Gasteiger partial charge in [-0.3, -0.25) is 0 Å². The molecule has 0 amide bonds. The molecule has 0 radical (unpaired) electrons. The van der Waals surface area contributed by atoms with Gasteiger partial charge in [0.25, 0.3) is 0 Å². The molecule has 1 atom stereocenters. The standard InChI is InChI=1S/C20H23N3O5S/c1-10-6-14(24)15(25)8-17(10)29-20-22-18(13(9-21)19(26)23-20)12-7-11(27-2)4-5-16(12)28-3/h4-8,19,24-26H,9,21H2,1-3H3,(H,22,23). The second kappa shape index (κ2) is 8.64. The Morgan fingerprint density at radius 2 is 1.86 bits per heavy atom. The maximum Gasteiger partial charge on any atom is 0.173 e. The number of methoxy groups -OCH3 is 2. The van der Waals surface area contributed by atoms with Gasteiger partial charge >= 0.3 is 0 Å². The molecular formula is C20H23N3O5S. The van der Waals surface area contributed by atoms with Crippen LogP contribution in [0.1, 0.15) is 11.1 Å². The number of ether oxygens (including phenoxy) is 2. The molecule has 1 heterocycles. The lowest BCUT2D eigenvalue weighted by molar-refractivity contribution is 0.218. The van der Waals surface area contributed by atoms with Crippen LogP contribution in [0.3, 0.4) is 0 Å². The van der Waals surface area contributed by atoms with Gasteiger partial charge in [0.05, 0.1) is 19.9 Å². The fraction of sp³-hybridized carbons (Fsp3) is 0.250. The smallest absolute Gasteiger partial charge is 0.173 e. The Balaban J connectivity index is 2.00. The number of rotatable bonds is 5. The molecule has 8 nitrogen and oxygen atoms in total. The second-order valence-corrected chi connectivity index (χ2v) is 7.34. The number of hydrogen-bond donors (Lipinski definition) is 5. The molecule has 9 heteroatoms. The predicted molar refractivity (Wildman–Crippen MR) is 112 cm³/mol. The van der Waals surface area contributed by atoms with Crippen LogP contribution >= 0.6 is 11.8 Å². The van der Waals surface area contributed by atoms with Crippen molar-refractivity contribution in [2.45, 2.75) is 18.0 Å². The van der Waals surface area contributed by atoms with E-state index in [9.17, 15) is 15.3 Å². The summed E-state index contributed by atoms with van der Waals surface area (Å²) < 4.78 is 10.8. The number of amidine groups is 1. The summed E-state index contributed by atoms with van der Waals surface area (Å²) in [6.07, 6.45) is -1.14. The van der Waals surface area contributed by atoms with Gasteiger partial charge in [0.15, 0.2) is 22.9 Å². The third kappa shape index (κ3) is 4.26. The Labute approximate surface area is 172 Å². The van der Waals surface area contributed by atoms with Gasteiger partial charge in [0.1, 0.15) is 11.5 Å². The summed E-state index contributed by atoms with van der Waals surface area (Å²) in [6.45, 7) is 1.89. The molecule has 0 saturated carbocycles. The predicted octanol–water partition coefficient (Wildman–Crippen LogP) is 2.16. The number of aliphatic hydroxyl groups is 1. The Morgan fingerprint density at radius 1 is 1.14 bits per heavy atom. The Kier molecular flexibility index (Phi) is 6.21. The minimum Gasteiger partial charge on any atom is -0.504 e. The molecule has 0 aromatic heterocycles. The first-order chi connectivity index (χ1) is 13.9. The number of nitrogens with one attached hydrogen (secondary N) is 1. The number of hydrogen-bond acceptors (Lipinski definition) is 9. The van der Waals surface area contributed by atoms with Crippen LogP contribution in [-0.4, -0.2) is 47.5 Å². The first-order valence-corrected chi connectivity index (χ1v) is 9.58. The fourth-order valence-corrected chi connectivity index (χ4v) is 3.83. The number of nitrogens with two attached hydrogens (primary N) is 1. The molecule has 0 fully saturated rings. The minimum absolute atomic E-state index is 0.0876. The van der Waals surface area contributed by atoms with Gasteiger partial charge in [-0.2, -0.15) is 0 Å². The summed E-state index contributed by atoms with van der Waals surface area (Å²) in [4.78, 5) is 4.94. The van der Waals surface area contributed by atoms with E-state index in [1.807, 2.05) is 0 Å². The molecule has 0 bridgehead atoms. The highest BCUT2D eigenvalue weighted by Crippen LogP contribution is 2.37. The fourth-order valence-electron chi connectivity index (χ4n) is 2.92. The van der Waals surface area contributed by atoms with Gasteiger partial charge in [0, 0.05) is 22.6 Å². The highest BCUT2D eigenvalue weighted by molar-refractivity contribution is 8.14. The van der Waals surface area contributed by atoms with Crippen molar-refractivity contribution in [3.8, 4) is 23.0 Å². The molecule has 1 unspecified atom stereocenters. The second-order valence-electron chi connectivity index (χ2n) is 6.31. The molecule has 1 aliphatic heterocycles. The van der Waals surface area contributed by atoms with Gasteiger partial charge in [-0.05, 0) is 42.8 Å². The van der Waals surface area contributed by atoms with Crippen molar-refractivity contribution in [1.82, 2.24) is 5.32 Å². The van der Waals surface area contributed by atoms with Gasteiger partial charge in [0.2, 0.25) is 0 Å². The van der Waals surface area contributed by atoms with Gasteiger partial charge in [-0.1, -0.05) is 11.8 Å². The topological polar surface area (TPSA) is 130 Å². The van der Waals surface area contributed by atoms with Crippen LogP contribution in [0.15, 0.2) is 45.8 Å². The number of phenols is 2. The SMILES string of the molecule is COc1ccc(OC)c(C2=C(CN)C(O)N=C(Sc3cc(O)c(O)cc3C)N2)c1. The third-order valence-corrected chi connectivity index (χ3v) is 5.54. The number of nitrogens with zero attached hydrogens (tertiary/aromatic N) is 1. The lowest BCUT2D eigenvalue weighted by Crippen LogP contribution is -2.33. The number of aliphatic imine (C=N–C) groups is 1. The van der Waals surface area contributed by atoms with Crippen molar-refractivity contribution >= 4 is 22.6 Å². The highest BCUT2D eigenvalue weighted by atomic mass is 32.2. The average Bonchev–Trinajstić information content (AvgIpc) is 2.71. The minimum atomic E-state index is -1.14. The van der Waals surface area contributed by atoms with Crippen LogP contribution in [0.4, 0.5) is 0 Å². The van der Waals surface area contributed by atoms with Crippen LogP contribution in [0.2, 0.25) is 0 Å². The molecule has 2 aromatic carbocycles. The van der Waals surface area contributed by atoms with Gasteiger partial charge in [-0.25, -0.2) is 4.99 Å². The number of aryl methyl sites for hydroxylation is 1. The zero-order valence-corrected chi connectivity index (χ0v) is 17.1. The van der Waals surface area contributed by atoms with E-state index in [1.165, 1.54) is 23.9 Å². The van der Waals surface area contributed by atoms with Crippen molar-refractivity contribution in [3.05, 3.63) is 47.0 Å². The largest absolute Gasteiger partial charge is 0.504 e. The first-order valence-electron chi connectivity index (χ1n) is 8.76. The molecular weight excluding hydrogens is 394 g/mol. The maximum atomic E-state index is 10.6. The van der Waals surface area contributed by atoms with Gasteiger partial charge in [-0.15, -0.1) is 0 Å². The number of aliphatic hydroxyl groups excluding tert-OH is 1. The monoisotopic (exact) mass is 417 g/mol. The normalized spacial score (nSPS) is 16.3. The molecule has 29 heavy (non-hydrogen) atoms. The molecule has 0 saturated heterocycles. The summed E-state index contributed by atoms with van der Waals surface area (Å²) in [5.74, 6) is 0.772. The highest BCUT2D eigenvalue weighted by Gasteiger charge is 2.26. The maximum absolute atomic E-state index is 10.6. The summed E-state index contributed by atoms with van der Waals surface area (Å²) >= 11 is 1.21. The van der Waals surface area contributed by atoms with Crippen molar-refractivity contribution in [2.24, 2.45) is 10.7 Å². The van der Waals surface area contributed by atoms with E-state index in [2.05, 4.69) is 10.3 Å². The van der Waals surface area contributed by atoms with Crippen LogP contribution in [0, 0.1) is 6.92 Å². The van der Waals surface area contributed by atoms with Crippen molar-refractivity contribution in [1.29, 1.82) is 0 Å². The number of benzene rings is 2. The number of thioether (sulfide) groups is 1. The number of aromatic hydroxyl groups is 2. The zero-order valence-electron chi connectivity index (χ0n) is 16.3. The zero-order chi connectivity index (χ0) is 21.1. The molecule has 2 aromatic rings. The van der Waals surface area contributed by atoms with Gasteiger partial charge < -0.3 is 35.8 Å². The summed E-state index contributed by atoms with van der Waals surface area (Å²) in [5, 5.41) is 33.6. The Hall–Kier alpha value is -2.88. The van der Waals surface area contributed by atoms with E-state index in [4.69, 9.17) is 15.2 Å². The first kappa shape index (κ1) is 20.8. The van der Waals surface area contributed by atoms with E-state index in [0.717, 1.165) is 5.56 Å². The average molecular weight is 417 g/mol. The lowest BCUT2D eigenvalue weighted by Gasteiger charge is -2.26. The lowest BCUT2D eigenvalue weighted by atomic mass is 10.0.